The lowest BCUT2D eigenvalue weighted by molar-refractivity contribution is 0.197. The first-order valence-electron chi connectivity index (χ1n) is 6.11. The average molecular weight is 217 g/mol. The lowest BCUT2D eigenvalue weighted by Gasteiger charge is -2.21. The van der Waals surface area contributed by atoms with E-state index in [9.17, 15) is 5.11 Å². The Morgan fingerprint density at radius 3 is 2.69 bits per heavy atom. The Bertz CT molecular complexity index is 378. The lowest BCUT2D eigenvalue weighted by Crippen LogP contribution is -2.27. The van der Waals surface area contributed by atoms with Crippen LogP contribution in [0.1, 0.15) is 12.5 Å². The van der Waals surface area contributed by atoms with E-state index in [2.05, 4.69) is 42.2 Å². The molecule has 0 spiro atoms. The van der Waals surface area contributed by atoms with Gasteiger partial charge in [-0.25, -0.2) is 0 Å². The second-order valence-electron chi connectivity index (χ2n) is 5.56. The highest BCUT2D eigenvalue weighted by Gasteiger charge is 2.64. The molecule has 1 aliphatic carbocycles. The largest absolute Gasteiger partial charge is 0.396 e. The van der Waals surface area contributed by atoms with E-state index < -0.39 is 0 Å². The van der Waals surface area contributed by atoms with Crippen molar-refractivity contribution in [3.8, 4) is 0 Å². The maximum Gasteiger partial charge on any atom is 0.0468 e. The van der Waals surface area contributed by atoms with Gasteiger partial charge in [0, 0.05) is 26.2 Å². The number of piperidine rings is 1. The van der Waals surface area contributed by atoms with Crippen LogP contribution in [0.25, 0.3) is 0 Å². The predicted molar refractivity (Wildman–Crippen MR) is 63.9 cm³/mol. The van der Waals surface area contributed by atoms with E-state index in [1.165, 1.54) is 5.56 Å². The molecular formula is C14H19NO. The third-order valence-corrected chi connectivity index (χ3v) is 4.54. The minimum Gasteiger partial charge on any atom is -0.396 e. The summed E-state index contributed by atoms with van der Waals surface area (Å²) < 4.78 is 0. The molecule has 86 valence electrons. The second-order valence-corrected chi connectivity index (χ2v) is 5.56. The fourth-order valence-corrected chi connectivity index (χ4v) is 3.46. The highest BCUT2D eigenvalue weighted by molar-refractivity contribution is 5.18. The van der Waals surface area contributed by atoms with Gasteiger partial charge in [0.25, 0.3) is 0 Å². The number of likely N-dealkylation sites (tertiary alicyclic amines) is 1. The van der Waals surface area contributed by atoms with Crippen molar-refractivity contribution in [3.05, 3.63) is 35.9 Å². The molecule has 2 nitrogen and oxygen atoms in total. The van der Waals surface area contributed by atoms with Gasteiger partial charge in [-0.3, -0.25) is 4.90 Å². The molecule has 1 aliphatic heterocycles. The van der Waals surface area contributed by atoms with Crippen LogP contribution in [0, 0.1) is 17.3 Å². The molecule has 0 aromatic heterocycles. The maximum absolute atomic E-state index is 9.23. The van der Waals surface area contributed by atoms with E-state index in [0.29, 0.717) is 17.9 Å². The summed E-state index contributed by atoms with van der Waals surface area (Å²) >= 11 is 0. The van der Waals surface area contributed by atoms with Gasteiger partial charge in [-0.05, 0) is 22.8 Å². The van der Waals surface area contributed by atoms with Crippen molar-refractivity contribution in [1.29, 1.82) is 0 Å². The molecule has 3 atom stereocenters. The van der Waals surface area contributed by atoms with Crippen LogP contribution in [-0.2, 0) is 6.54 Å². The Kier molecular flexibility index (Phi) is 2.30. The van der Waals surface area contributed by atoms with Crippen molar-refractivity contribution in [2.75, 3.05) is 19.7 Å². The molecule has 2 heteroatoms. The van der Waals surface area contributed by atoms with Gasteiger partial charge in [0.15, 0.2) is 0 Å². The van der Waals surface area contributed by atoms with Crippen LogP contribution in [-0.4, -0.2) is 29.7 Å². The first-order valence-corrected chi connectivity index (χ1v) is 6.11. The van der Waals surface area contributed by atoms with Crippen molar-refractivity contribution in [2.24, 2.45) is 17.3 Å². The Labute approximate surface area is 96.9 Å². The van der Waals surface area contributed by atoms with Crippen LogP contribution >= 0.6 is 0 Å². The first-order chi connectivity index (χ1) is 7.74. The van der Waals surface area contributed by atoms with Gasteiger partial charge in [-0.15, -0.1) is 0 Å². The molecule has 0 amide bonds. The zero-order valence-electron chi connectivity index (χ0n) is 9.76. The minimum atomic E-state index is 0.375. The summed E-state index contributed by atoms with van der Waals surface area (Å²) in [4.78, 5) is 2.52. The quantitative estimate of drug-likeness (QED) is 0.833. The number of fused-ring (bicyclic) bond motifs is 1. The molecule has 1 saturated carbocycles. The lowest BCUT2D eigenvalue weighted by atomic mass is 10.1. The Balaban J connectivity index is 1.62. The normalized spacial score (nSPS) is 37.4. The van der Waals surface area contributed by atoms with E-state index in [-0.39, 0.29) is 0 Å². The smallest absolute Gasteiger partial charge is 0.0468 e. The van der Waals surface area contributed by atoms with Gasteiger partial charge in [0.1, 0.15) is 0 Å². The number of benzene rings is 1. The second kappa shape index (κ2) is 3.57. The topological polar surface area (TPSA) is 23.5 Å². The van der Waals surface area contributed by atoms with Gasteiger partial charge in [-0.2, -0.15) is 0 Å². The van der Waals surface area contributed by atoms with Crippen LogP contribution in [0.4, 0.5) is 0 Å². The van der Waals surface area contributed by atoms with E-state index in [0.717, 1.165) is 25.6 Å². The summed E-state index contributed by atoms with van der Waals surface area (Å²) in [6.45, 7) is 6.07. The molecular weight excluding hydrogens is 198 g/mol. The monoisotopic (exact) mass is 217 g/mol. The van der Waals surface area contributed by atoms with E-state index >= 15 is 0 Å². The number of hydrogen-bond donors (Lipinski definition) is 1. The van der Waals surface area contributed by atoms with Crippen molar-refractivity contribution >= 4 is 0 Å². The SMILES string of the molecule is CC12CN(Cc3ccccc3)CC1C2CO. The third-order valence-electron chi connectivity index (χ3n) is 4.54. The maximum atomic E-state index is 9.23. The van der Waals surface area contributed by atoms with Crippen molar-refractivity contribution in [3.63, 3.8) is 0 Å². The standard InChI is InChI=1S/C14H19NO/c1-14-10-15(8-12(14)13(14)9-16)7-11-5-3-2-4-6-11/h2-6,12-13,16H,7-10H2,1H3. The van der Waals surface area contributed by atoms with E-state index in [1.54, 1.807) is 0 Å². The fourth-order valence-electron chi connectivity index (χ4n) is 3.46. The summed E-state index contributed by atoms with van der Waals surface area (Å²) in [7, 11) is 0. The fraction of sp³-hybridized carbons (Fsp3) is 0.571. The van der Waals surface area contributed by atoms with Crippen molar-refractivity contribution in [1.82, 2.24) is 4.90 Å². The van der Waals surface area contributed by atoms with Crippen molar-refractivity contribution in [2.45, 2.75) is 13.5 Å². The molecule has 1 saturated heterocycles. The zero-order chi connectivity index (χ0) is 11.2. The minimum absolute atomic E-state index is 0.375. The molecule has 16 heavy (non-hydrogen) atoms. The van der Waals surface area contributed by atoms with E-state index in [1.807, 2.05) is 0 Å². The summed E-state index contributed by atoms with van der Waals surface area (Å²) in [6.07, 6.45) is 0. The van der Waals surface area contributed by atoms with E-state index in [4.69, 9.17) is 0 Å². The number of rotatable bonds is 3. The van der Waals surface area contributed by atoms with Gasteiger partial charge in [-0.1, -0.05) is 37.3 Å². The van der Waals surface area contributed by atoms with Crippen LogP contribution in [0.2, 0.25) is 0 Å². The summed E-state index contributed by atoms with van der Waals surface area (Å²) in [6, 6.07) is 10.6. The predicted octanol–water partition coefficient (Wildman–Crippen LogP) is 1.75. The van der Waals surface area contributed by atoms with Crippen LogP contribution in [0.3, 0.4) is 0 Å². The van der Waals surface area contributed by atoms with Crippen LogP contribution in [0.5, 0.6) is 0 Å². The Hall–Kier alpha value is -0.860. The highest BCUT2D eigenvalue weighted by atomic mass is 16.3. The van der Waals surface area contributed by atoms with Gasteiger partial charge < -0.3 is 5.11 Å². The molecule has 0 radical (unpaired) electrons. The zero-order valence-corrected chi connectivity index (χ0v) is 9.76. The Morgan fingerprint density at radius 2 is 2.12 bits per heavy atom. The van der Waals surface area contributed by atoms with Gasteiger partial charge in [0.05, 0.1) is 0 Å². The number of aliphatic hydroxyl groups is 1. The molecule has 3 unspecified atom stereocenters. The van der Waals surface area contributed by atoms with Crippen molar-refractivity contribution < 1.29 is 5.11 Å². The summed E-state index contributed by atoms with van der Waals surface area (Å²) in [5.74, 6) is 1.31. The first kappa shape index (κ1) is 10.3. The number of hydrogen-bond acceptors (Lipinski definition) is 2. The molecule has 3 rings (SSSR count). The third kappa shape index (κ3) is 1.48. The Morgan fingerprint density at radius 1 is 1.38 bits per heavy atom. The van der Waals surface area contributed by atoms with Crippen LogP contribution < -0.4 is 0 Å². The van der Waals surface area contributed by atoms with Gasteiger partial charge >= 0.3 is 0 Å². The highest BCUT2D eigenvalue weighted by Crippen LogP contribution is 2.62. The number of aliphatic hydroxyl groups excluding tert-OH is 1. The molecule has 1 aromatic rings. The molecule has 1 heterocycles. The molecule has 1 aromatic carbocycles. The molecule has 2 fully saturated rings. The van der Waals surface area contributed by atoms with Gasteiger partial charge in [0.2, 0.25) is 0 Å². The summed E-state index contributed by atoms with van der Waals surface area (Å²) in [5.41, 5.74) is 1.80. The molecule has 2 aliphatic rings. The summed E-state index contributed by atoms with van der Waals surface area (Å²) in [5, 5.41) is 9.23. The average Bonchev–Trinajstić information content (AvgIpc) is 2.67. The molecule has 0 bridgehead atoms. The number of nitrogens with zero attached hydrogens (tertiary/aromatic N) is 1. The van der Waals surface area contributed by atoms with Crippen LogP contribution in [0.15, 0.2) is 30.3 Å². The molecule has 1 N–H and O–H groups in total.